The molecule has 0 aliphatic rings. The summed E-state index contributed by atoms with van der Waals surface area (Å²) in [6, 6.07) is 0.960. The number of ether oxygens (including phenoxy) is 1. The number of unbranched alkanes of at least 4 members (excludes halogenated alkanes) is 1. The molecule has 186 valence electrons. The van der Waals surface area contributed by atoms with Gasteiger partial charge in [-0.1, -0.05) is 19.8 Å². The van der Waals surface area contributed by atoms with E-state index in [0.29, 0.717) is 17.7 Å². The van der Waals surface area contributed by atoms with Crippen LogP contribution >= 0.6 is 0 Å². The molecule has 2 rings (SSSR count). The smallest absolute Gasteiger partial charge is 0.400 e. The third-order valence-electron chi connectivity index (χ3n) is 5.13. The molecule has 0 aliphatic heterocycles. The zero-order valence-electron chi connectivity index (χ0n) is 18.5. The van der Waals surface area contributed by atoms with E-state index in [0.717, 1.165) is 12.8 Å². The monoisotopic (exact) mass is 483 g/mol. The second kappa shape index (κ2) is 10.6. The number of alkyl halides is 6. The second-order valence-electron chi connectivity index (χ2n) is 7.89. The van der Waals surface area contributed by atoms with Gasteiger partial charge in [-0.2, -0.15) is 26.3 Å². The molecule has 12 heteroatoms. The van der Waals surface area contributed by atoms with Gasteiger partial charge in [0.2, 0.25) is 0 Å². The number of carbonyl (C=O) groups excluding carboxylic acids is 1. The number of aliphatic hydroxyl groups excluding tert-OH is 1. The van der Waals surface area contributed by atoms with Crippen molar-refractivity contribution in [3.05, 3.63) is 29.2 Å². The molecule has 1 amide bonds. The Kier molecular flexibility index (Phi) is 8.61. The van der Waals surface area contributed by atoms with Gasteiger partial charge in [0.1, 0.15) is 5.69 Å². The number of hydrogen-bond donors (Lipinski definition) is 2. The Morgan fingerprint density at radius 1 is 1.18 bits per heavy atom. The predicted octanol–water partition coefficient (Wildman–Crippen LogP) is 4.74. The summed E-state index contributed by atoms with van der Waals surface area (Å²) < 4.78 is 83.2. The van der Waals surface area contributed by atoms with Crippen LogP contribution in [-0.4, -0.2) is 52.0 Å². The Morgan fingerprint density at radius 3 is 2.36 bits per heavy atom. The normalized spacial score (nSPS) is 13.5. The van der Waals surface area contributed by atoms with E-state index in [4.69, 9.17) is 4.74 Å². The Balaban J connectivity index is 2.28. The first-order valence-corrected chi connectivity index (χ1v) is 10.5. The van der Waals surface area contributed by atoms with Crippen LogP contribution in [0.5, 0.6) is 5.75 Å². The zero-order valence-corrected chi connectivity index (χ0v) is 18.5. The Bertz CT molecular complexity index is 941. The first-order chi connectivity index (χ1) is 15.3. The number of carbonyl (C=O) groups is 1. The number of hydrogen-bond acceptors (Lipinski definition) is 4. The van der Waals surface area contributed by atoms with E-state index in [1.807, 2.05) is 6.92 Å². The molecule has 2 aromatic heterocycles. The highest BCUT2D eigenvalue weighted by atomic mass is 19.4. The number of nitrogens with zero attached hydrogens (tertiary/aromatic N) is 2. The Labute approximate surface area is 186 Å². The van der Waals surface area contributed by atoms with Crippen LogP contribution in [-0.2, 0) is 0 Å². The lowest BCUT2D eigenvalue weighted by molar-refractivity contribution is -0.286. The molecule has 0 radical (unpaired) electrons. The van der Waals surface area contributed by atoms with Crippen molar-refractivity contribution in [1.82, 2.24) is 14.7 Å². The summed E-state index contributed by atoms with van der Waals surface area (Å²) in [6.07, 6.45) is -8.39. The minimum Gasteiger partial charge on any atom is -0.490 e. The minimum absolute atomic E-state index is 0.0371. The standard InChI is InChI=1S/C21H27F6N3O3/c1-4-5-6-14(11-31)29-19(32)17-13(3)28-18-15(9-12(2)10-30(17)18)33-8-7-16(20(22,23)24)21(25,26)27/h9-10,14,16,31H,4-8,11H2,1-3H3,(H,29,32). The van der Waals surface area contributed by atoms with Gasteiger partial charge < -0.3 is 15.2 Å². The topological polar surface area (TPSA) is 75.9 Å². The maximum absolute atomic E-state index is 12.8. The highest BCUT2D eigenvalue weighted by Gasteiger charge is 2.56. The molecule has 2 aromatic rings. The summed E-state index contributed by atoms with van der Waals surface area (Å²) in [5.74, 6) is -4.06. The maximum Gasteiger partial charge on any atom is 0.400 e. The average Bonchev–Trinajstić information content (AvgIpc) is 3.01. The van der Waals surface area contributed by atoms with Gasteiger partial charge in [0.05, 0.1) is 24.9 Å². The van der Waals surface area contributed by atoms with Crippen LogP contribution < -0.4 is 10.1 Å². The minimum atomic E-state index is -5.44. The van der Waals surface area contributed by atoms with E-state index in [9.17, 15) is 36.2 Å². The average molecular weight is 483 g/mol. The third-order valence-corrected chi connectivity index (χ3v) is 5.13. The van der Waals surface area contributed by atoms with Gasteiger partial charge in [-0.25, -0.2) is 4.98 Å². The number of rotatable bonds is 10. The quantitative estimate of drug-likeness (QED) is 0.479. The number of aromatic nitrogens is 2. The van der Waals surface area contributed by atoms with E-state index in [1.54, 1.807) is 20.0 Å². The van der Waals surface area contributed by atoms with E-state index in [2.05, 4.69) is 10.3 Å². The third kappa shape index (κ3) is 6.75. The molecule has 0 fully saturated rings. The second-order valence-corrected chi connectivity index (χ2v) is 7.89. The number of fused-ring (bicyclic) bond motifs is 1. The van der Waals surface area contributed by atoms with Crippen molar-refractivity contribution in [3.63, 3.8) is 0 Å². The molecular formula is C21H27F6N3O3. The summed E-state index contributed by atoms with van der Waals surface area (Å²) in [6.45, 7) is 4.05. The molecule has 0 saturated heterocycles. The molecule has 2 heterocycles. The number of amides is 1. The number of aliphatic hydroxyl groups is 1. The fraction of sp³-hybridized carbons (Fsp3) is 0.619. The van der Waals surface area contributed by atoms with Gasteiger partial charge in [0.15, 0.2) is 17.3 Å². The number of nitrogens with one attached hydrogen (secondary N) is 1. The Hall–Kier alpha value is -2.50. The molecule has 0 aromatic carbocycles. The van der Waals surface area contributed by atoms with E-state index >= 15 is 0 Å². The van der Waals surface area contributed by atoms with Gasteiger partial charge in [-0.15, -0.1) is 0 Å². The van der Waals surface area contributed by atoms with Gasteiger partial charge in [-0.3, -0.25) is 9.20 Å². The van der Waals surface area contributed by atoms with Crippen molar-refractivity contribution in [2.24, 2.45) is 5.92 Å². The van der Waals surface area contributed by atoms with E-state index < -0.39 is 43.2 Å². The molecule has 0 aliphatic carbocycles. The van der Waals surface area contributed by atoms with Gasteiger partial charge in [0.25, 0.3) is 5.91 Å². The summed E-state index contributed by atoms with van der Waals surface area (Å²) in [7, 11) is 0. The predicted molar refractivity (Wildman–Crippen MR) is 108 cm³/mol. The highest BCUT2D eigenvalue weighted by Crippen LogP contribution is 2.41. The van der Waals surface area contributed by atoms with E-state index in [-0.39, 0.29) is 23.7 Å². The van der Waals surface area contributed by atoms with Crippen LogP contribution in [0.1, 0.15) is 54.4 Å². The van der Waals surface area contributed by atoms with Crippen molar-refractivity contribution >= 4 is 11.6 Å². The van der Waals surface area contributed by atoms with Crippen LogP contribution in [0.4, 0.5) is 26.3 Å². The fourth-order valence-electron chi connectivity index (χ4n) is 3.45. The zero-order chi connectivity index (χ0) is 25.0. The van der Waals surface area contributed by atoms with Crippen molar-refractivity contribution in [3.8, 4) is 5.75 Å². The molecule has 6 nitrogen and oxygen atoms in total. The largest absolute Gasteiger partial charge is 0.490 e. The first-order valence-electron chi connectivity index (χ1n) is 10.5. The summed E-state index contributed by atoms with van der Waals surface area (Å²) in [5, 5.41) is 12.2. The molecule has 1 atom stereocenters. The molecule has 0 spiro atoms. The SMILES string of the molecule is CCCCC(CO)NC(=O)c1c(C)nc2c(OCCC(C(F)(F)F)C(F)(F)F)cc(C)cn12. The number of imidazole rings is 1. The molecule has 1 unspecified atom stereocenters. The van der Waals surface area contributed by atoms with Gasteiger partial charge in [-0.05, 0) is 31.9 Å². The van der Waals surface area contributed by atoms with E-state index in [1.165, 1.54) is 10.5 Å². The number of halogens is 6. The molecule has 33 heavy (non-hydrogen) atoms. The van der Waals surface area contributed by atoms with Crippen LogP contribution in [0.2, 0.25) is 0 Å². The lowest BCUT2D eigenvalue weighted by Gasteiger charge is -2.22. The highest BCUT2D eigenvalue weighted by molar-refractivity contribution is 5.95. The lowest BCUT2D eigenvalue weighted by Crippen LogP contribution is -2.38. The summed E-state index contributed by atoms with van der Waals surface area (Å²) in [4.78, 5) is 17.1. The summed E-state index contributed by atoms with van der Waals surface area (Å²) in [5.41, 5.74) is 1.07. The Morgan fingerprint density at radius 2 is 1.82 bits per heavy atom. The lowest BCUT2D eigenvalue weighted by atomic mass is 10.1. The van der Waals surface area contributed by atoms with Crippen LogP contribution in [0.25, 0.3) is 5.65 Å². The summed E-state index contributed by atoms with van der Waals surface area (Å²) >= 11 is 0. The van der Waals surface area contributed by atoms with Crippen LogP contribution in [0.15, 0.2) is 12.3 Å². The van der Waals surface area contributed by atoms with Crippen molar-refractivity contribution in [2.45, 2.75) is 64.8 Å². The van der Waals surface area contributed by atoms with Crippen molar-refractivity contribution in [1.29, 1.82) is 0 Å². The maximum atomic E-state index is 12.8. The molecule has 0 saturated carbocycles. The number of aryl methyl sites for hydroxylation is 2. The molecule has 2 N–H and O–H groups in total. The van der Waals surface area contributed by atoms with Crippen molar-refractivity contribution in [2.75, 3.05) is 13.2 Å². The van der Waals surface area contributed by atoms with Gasteiger partial charge >= 0.3 is 12.4 Å². The fourth-order valence-corrected chi connectivity index (χ4v) is 3.45. The van der Waals surface area contributed by atoms with Crippen LogP contribution in [0, 0.1) is 19.8 Å². The van der Waals surface area contributed by atoms with Crippen molar-refractivity contribution < 1.29 is 41.0 Å². The molecular weight excluding hydrogens is 456 g/mol. The van der Waals surface area contributed by atoms with Crippen LogP contribution in [0.3, 0.4) is 0 Å². The van der Waals surface area contributed by atoms with Gasteiger partial charge in [0, 0.05) is 12.6 Å². The molecule has 0 bridgehead atoms. The number of pyridine rings is 1. The first kappa shape index (κ1) is 26.7.